The number of H-pyrrole nitrogens is 1. The van der Waals surface area contributed by atoms with Gasteiger partial charge in [0.25, 0.3) is 0 Å². The average molecular weight is 196 g/mol. The number of nitrogens with one attached hydrogen (secondary N) is 2. The van der Waals surface area contributed by atoms with Crippen molar-refractivity contribution < 1.29 is 8.42 Å². The number of rotatable bonds is 2. The predicted molar refractivity (Wildman–Crippen MR) is 52.2 cm³/mol. The molecule has 0 aliphatic rings. The highest BCUT2D eigenvalue weighted by atomic mass is 32.2. The number of anilines is 1. The summed E-state index contributed by atoms with van der Waals surface area (Å²) in [6.07, 6.45) is 1.81. The third-order valence-electron chi connectivity index (χ3n) is 1.77. The van der Waals surface area contributed by atoms with Gasteiger partial charge in [-0.05, 0) is 24.3 Å². The van der Waals surface area contributed by atoms with E-state index in [2.05, 4.69) is 9.71 Å². The van der Waals surface area contributed by atoms with Crippen LogP contribution in [0.1, 0.15) is 0 Å². The molecule has 0 spiro atoms. The summed E-state index contributed by atoms with van der Waals surface area (Å²) >= 11 is 0. The van der Waals surface area contributed by atoms with Gasteiger partial charge in [-0.3, -0.25) is 4.72 Å². The summed E-state index contributed by atoms with van der Waals surface area (Å²) < 4.78 is 23.0. The van der Waals surface area contributed by atoms with E-state index in [1.54, 1.807) is 12.1 Å². The second kappa shape index (κ2) is 3.10. The molecular weight excluding hydrogens is 188 g/mol. The van der Waals surface area contributed by atoms with Crippen molar-refractivity contribution >= 4 is 27.5 Å². The van der Waals surface area contributed by atoms with E-state index in [1.807, 2.05) is 18.3 Å². The third kappa shape index (κ3) is 1.65. The molecule has 0 aliphatic carbocycles. The minimum Gasteiger partial charge on any atom is -0.361 e. The molecule has 0 saturated carbocycles. The van der Waals surface area contributed by atoms with Gasteiger partial charge in [-0.25, -0.2) is 8.42 Å². The topological polar surface area (TPSA) is 62.0 Å². The van der Waals surface area contributed by atoms with Crippen LogP contribution in [0.25, 0.3) is 10.9 Å². The first-order valence-corrected chi connectivity index (χ1v) is 4.91. The monoisotopic (exact) mass is 196 g/mol. The summed E-state index contributed by atoms with van der Waals surface area (Å²) in [5.41, 5.74) is 1.58. The molecule has 1 aromatic carbocycles. The molecule has 0 fully saturated rings. The van der Waals surface area contributed by atoms with Gasteiger partial charge in [-0.15, -0.1) is 0 Å². The fourth-order valence-corrected chi connectivity index (χ4v) is 1.58. The van der Waals surface area contributed by atoms with E-state index in [4.69, 9.17) is 0 Å². The lowest BCUT2D eigenvalue weighted by Gasteiger charge is -1.97. The smallest absolute Gasteiger partial charge is 0.222 e. The lowest BCUT2D eigenvalue weighted by molar-refractivity contribution is 0.619. The van der Waals surface area contributed by atoms with Crippen LogP contribution in [0.4, 0.5) is 5.69 Å². The molecule has 0 aliphatic heterocycles. The molecule has 0 atom stereocenters. The Bertz CT molecular complexity index is 494. The molecule has 2 aromatic rings. The molecule has 1 aromatic heterocycles. The summed E-state index contributed by atoms with van der Waals surface area (Å²) in [5.74, 6) is 0. The Balaban J connectivity index is 2.48. The molecule has 68 valence electrons. The Morgan fingerprint density at radius 1 is 1.23 bits per heavy atom. The van der Waals surface area contributed by atoms with Crippen LogP contribution >= 0.6 is 0 Å². The van der Waals surface area contributed by atoms with Crippen molar-refractivity contribution in [1.82, 2.24) is 4.98 Å². The van der Waals surface area contributed by atoms with Crippen LogP contribution in [0.15, 0.2) is 30.5 Å². The molecule has 2 rings (SSSR count). The van der Waals surface area contributed by atoms with E-state index in [1.165, 1.54) is 0 Å². The van der Waals surface area contributed by atoms with Gasteiger partial charge >= 0.3 is 0 Å². The molecule has 5 heteroatoms. The van der Waals surface area contributed by atoms with Crippen molar-refractivity contribution in [1.29, 1.82) is 0 Å². The first-order valence-electron chi connectivity index (χ1n) is 3.74. The van der Waals surface area contributed by atoms with E-state index in [9.17, 15) is 8.42 Å². The maximum Gasteiger partial charge on any atom is 0.222 e. The highest BCUT2D eigenvalue weighted by Gasteiger charge is 1.96. The van der Waals surface area contributed by atoms with E-state index < -0.39 is 10.9 Å². The number of hydrogen-bond acceptors (Lipinski definition) is 2. The largest absolute Gasteiger partial charge is 0.361 e. The van der Waals surface area contributed by atoms with Crippen molar-refractivity contribution in [3.05, 3.63) is 30.5 Å². The van der Waals surface area contributed by atoms with Gasteiger partial charge in [0.15, 0.2) is 0 Å². The summed E-state index contributed by atoms with van der Waals surface area (Å²) in [5, 5.41) is 0.988. The van der Waals surface area contributed by atoms with Gasteiger partial charge in [0, 0.05) is 22.8 Å². The fraction of sp³-hybridized carbons (Fsp3) is 0. The number of hydrogen-bond donors (Lipinski definition) is 3. The second-order valence-corrected chi connectivity index (χ2v) is 3.39. The van der Waals surface area contributed by atoms with Crippen LogP contribution < -0.4 is 4.72 Å². The van der Waals surface area contributed by atoms with Crippen LogP contribution in [-0.2, 0) is 10.9 Å². The Hall–Kier alpha value is -1.49. The fourth-order valence-electron chi connectivity index (χ4n) is 1.23. The number of aromatic nitrogens is 1. The van der Waals surface area contributed by atoms with Gasteiger partial charge in [-0.2, -0.15) is 0 Å². The van der Waals surface area contributed by atoms with Gasteiger partial charge in [0.05, 0.1) is 0 Å². The zero-order valence-electron chi connectivity index (χ0n) is 6.65. The van der Waals surface area contributed by atoms with Crippen molar-refractivity contribution in [2.75, 3.05) is 4.72 Å². The zero-order valence-corrected chi connectivity index (χ0v) is 7.54. The number of benzene rings is 1. The maximum absolute atomic E-state index is 10.4. The molecular formula is C8H8N2O2S. The first kappa shape index (κ1) is 8.12. The van der Waals surface area contributed by atoms with E-state index in [0.29, 0.717) is 5.69 Å². The summed E-state index contributed by atoms with van der Waals surface area (Å²) in [6.45, 7) is 0. The predicted octanol–water partition coefficient (Wildman–Crippen LogP) is 1.11. The Morgan fingerprint density at radius 2 is 2.08 bits per heavy atom. The normalized spacial score (nSPS) is 10.8. The molecule has 13 heavy (non-hydrogen) atoms. The quantitative estimate of drug-likeness (QED) is 0.630. The number of aromatic amines is 1. The minimum atomic E-state index is -2.58. The van der Waals surface area contributed by atoms with E-state index in [0.717, 1.165) is 10.9 Å². The minimum absolute atomic E-state index is 0.586. The van der Waals surface area contributed by atoms with Gasteiger partial charge in [0.1, 0.15) is 0 Å². The van der Waals surface area contributed by atoms with Crippen LogP contribution in [0, 0.1) is 0 Å². The Kier molecular flexibility index (Phi) is 1.94. The SMILES string of the molecule is O=[SH](=O)Nc1ccc2[nH]ccc2c1. The van der Waals surface area contributed by atoms with Crippen LogP contribution in [0.3, 0.4) is 0 Å². The average Bonchev–Trinajstić information content (AvgIpc) is 2.49. The van der Waals surface area contributed by atoms with Crippen molar-refractivity contribution in [2.24, 2.45) is 0 Å². The van der Waals surface area contributed by atoms with Crippen molar-refractivity contribution in [2.45, 2.75) is 0 Å². The molecule has 0 bridgehead atoms. The van der Waals surface area contributed by atoms with Gasteiger partial charge in [0.2, 0.25) is 10.9 Å². The summed E-state index contributed by atoms with van der Waals surface area (Å²) in [6, 6.07) is 7.20. The van der Waals surface area contributed by atoms with Crippen LogP contribution in [0.5, 0.6) is 0 Å². The summed E-state index contributed by atoms with van der Waals surface area (Å²) in [7, 11) is -2.58. The standard InChI is InChI=1S/C8H8N2O2S/c11-13(12)10-7-1-2-8-6(5-7)3-4-9-8/h1-5,9,13H,(H,10,11,12). The number of thiol groups is 1. The first-order chi connectivity index (χ1) is 6.25. The van der Waals surface area contributed by atoms with E-state index in [-0.39, 0.29) is 0 Å². The Morgan fingerprint density at radius 3 is 2.85 bits per heavy atom. The molecule has 0 radical (unpaired) electrons. The highest BCUT2D eigenvalue weighted by Crippen LogP contribution is 2.17. The third-order valence-corrected chi connectivity index (χ3v) is 2.21. The number of fused-ring (bicyclic) bond motifs is 1. The lowest BCUT2D eigenvalue weighted by Crippen LogP contribution is -1.93. The molecule has 2 N–H and O–H groups in total. The van der Waals surface area contributed by atoms with Gasteiger partial charge in [-0.1, -0.05) is 0 Å². The molecule has 0 unspecified atom stereocenters. The lowest BCUT2D eigenvalue weighted by atomic mass is 10.2. The molecule has 0 saturated heterocycles. The molecule has 0 amide bonds. The van der Waals surface area contributed by atoms with Crippen molar-refractivity contribution in [3.63, 3.8) is 0 Å². The van der Waals surface area contributed by atoms with Crippen LogP contribution in [-0.4, -0.2) is 13.4 Å². The van der Waals surface area contributed by atoms with Gasteiger partial charge < -0.3 is 4.98 Å². The highest BCUT2D eigenvalue weighted by molar-refractivity contribution is 7.73. The summed E-state index contributed by atoms with van der Waals surface area (Å²) in [4.78, 5) is 3.02. The van der Waals surface area contributed by atoms with Crippen molar-refractivity contribution in [3.8, 4) is 0 Å². The second-order valence-electron chi connectivity index (χ2n) is 2.65. The maximum atomic E-state index is 10.4. The zero-order chi connectivity index (χ0) is 9.26. The van der Waals surface area contributed by atoms with Crippen LogP contribution in [0.2, 0.25) is 0 Å². The molecule has 4 nitrogen and oxygen atoms in total. The molecule has 1 heterocycles. The Labute approximate surface area is 76.7 Å². The van der Waals surface area contributed by atoms with E-state index >= 15 is 0 Å².